The first-order valence-corrected chi connectivity index (χ1v) is 23.1. The van der Waals surface area contributed by atoms with Gasteiger partial charge in [-0.3, -0.25) is 19.8 Å². The zero-order valence-corrected chi connectivity index (χ0v) is 35.9. The molecule has 6 saturated heterocycles. The minimum absolute atomic E-state index is 0.165. The molecule has 6 fully saturated rings. The Hall–Kier alpha value is -5.70. The Balaban J connectivity index is 1.11. The predicted molar refractivity (Wildman–Crippen MR) is 247 cm³/mol. The number of benzene rings is 4. The van der Waals surface area contributed by atoms with Gasteiger partial charge in [0.2, 0.25) is 11.8 Å². The topological polar surface area (TPSA) is 76.5 Å². The van der Waals surface area contributed by atoms with Crippen LogP contribution in [0.1, 0.15) is 75.7 Å². The summed E-state index contributed by atoms with van der Waals surface area (Å²) in [6, 6.07) is 42.5. The van der Waals surface area contributed by atoms with Gasteiger partial charge >= 0.3 is 0 Å². The maximum Gasteiger partial charge on any atom is 0.229 e. The van der Waals surface area contributed by atoms with E-state index in [1.807, 2.05) is 18.5 Å². The molecule has 0 N–H and O–H groups in total. The largest absolute Gasteiger partial charge is 0.467 e. The molecular formula is C54H56N6O2. The SMILES string of the molecule is CC[C@H]1CN2CC[C@H]1C[C@@H]2[C@H](Oc1nc(-c2ccccc2)nc(O[C@H](c2ccnc3ccccc23)[C@H]2C[C@@H]3CCN2C[C@@H]3CC)c1-c1ccccc1)c1ccnc2ccccc12. The van der Waals surface area contributed by atoms with Gasteiger partial charge in [0.1, 0.15) is 17.8 Å². The minimum Gasteiger partial charge on any atom is -0.467 e. The Morgan fingerprint density at radius 3 is 1.45 bits per heavy atom. The fraction of sp³-hybridized carbons (Fsp3) is 0.370. The van der Waals surface area contributed by atoms with Crippen LogP contribution in [0.3, 0.4) is 0 Å². The zero-order chi connectivity index (χ0) is 41.6. The van der Waals surface area contributed by atoms with Crippen molar-refractivity contribution in [2.24, 2.45) is 23.7 Å². The number of para-hydroxylation sites is 2. The van der Waals surface area contributed by atoms with E-state index in [0.29, 0.717) is 41.3 Å². The molecule has 0 aliphatic carbocycles. The number of hydrogen-bond donors (Lipinski definition) is 0. The average Bonchev–Trinajstić information content (AvgIpc) is 3.35. The van der Waals surface area contributed by atoms with E-state index >= 15 is 0 Å². The molecule has 62 heavy (non-hydrogen) atoms. The number of piperidine rings is 6. The summed E-state index contributed by atoms with van der Waals surface area (Å²) in [7, 11) is 0. The molecule has 0 amide bonds. The Morgan fingerprint density at radius 2 is 1.00 bits per heavy atom. The van der Waals surface area contributed by atoms with E-state index < -0.39 is 0 Å². The smallest absolute Gasteiger partial charge is 0.229 e. The molecule has 7 aromatic rings. The molecule has 10 atom stereocenters. The molecule has 9 heterocycles. The molecule has 4 bridgehead atoms. The lowest BCUT2D eigenvalue weighted by molar-refractivity contribution is -0.0510. The number of rotatable bonds is 12. The van der Waals surface area contributed by atoms with Gasteiger partial charge in [0.15, 0.2) is 5.82 Å². The lowest BCUT2D eigenvalue weighted by Gasteiger charge is -2.52. The summed E-state index contributed by atoms with van der Waals surface area (Å²) in [5.74, 6) is 4.40. The van der Waals surface area contributed by atoms with Gasteiger partial charge in [-0.05, 0) is 92.3 Å². The molecule has 6 aliphatic rings. The molecule has 0 spiro atoms. The lowest BCUT2D eigenvalue weighted by atomic mass is 9.72. The van der Waals surface area contributed by atoms with Gasteiger partial charge in [-0.25, -0.2) is 0 Å². The molecule has 8 nitrogen and oxygen atoms in total. The van der Waals surface area contributed by atoms with E-state index in [0.717, 1.165) is 88.6 Å². The van der Waals surface area contributed by atoms with Gasteiger partial charge in [0, 0.05) is 52.9 Å². The van der Waals surface area contributed by atoms with Crippen molar-refractivity contribution in [2.45, 2.75) is 76.7 Å². The van der Waals surface area contributed by atoms with E-state index in [1.54, 1.807) is 0 Å². The van der Waals surface area contributed by atoms with Crippen LogP contribution in [0.4, 0.5) is 0 Å². The zero-order valence-electron chi connectivity index (χ0n) is 35.9. The number of pyridine rings is 2. The second-order valence-corrected chi connectivity index (χ2v) is 18.2. The molecule has 0 saturated carbocycles. The fourth-order valence-corrected chi connectivity index (χ4v) is 11.7. The van der Waals surface area contributed by atoms with Gasteiger partial charge in [-0.2, -0.15) is 9.97 Å². The first-order chi connectivity index (χ1) is 30.6. The molecule has 8 heteroatoms. The normalized spacial score (nSPS) is 26.4. The van der Waals surface area contributed by atoms with Crippen LogP contribution in [0.2, 0.25) is 0 Å². The number of fused-ring (bicyclic) bond motifs is 8. The van der Waals surface area contributed by atoms with Gasteiger partial charge in [0.25, 0.3) is 0 Å². The second-order valence-electron chi connectivity index (χ2n) is 18.2. The number of ether oxygens (including phenoxy) is 2. The Bertz CT molecular complexity index is 2520. The van der Waals surface area contributed by atoms with Crippen molar-refractivity contribution in [2.75, 3.05) is 26.2 Å². The third kappa shape index (κ3) is 7.21. The first-order valence-electron chi connectivity index (χ1n) is 23.1. The Kier molecular flexibility index (Phi) is 10.7. The third-order valence-corrected chi connectivity index (χ3v) is 15.0. The van der Waals surface area contributed by atoms with Crippen molar-refractivity contribution < 1.29 is 9.47 Å². The maximum absolute atomic E-state index is 7.72. The predicted octanol–water partition coefficient (Wildman–Crippen LogP) is 11.4. The van der Waals surface area contributed by atoms with Crippen molar-refractivity contribution in [1.29, 1.82) is 0 Å². The summed E-state index contributed by atoms with van der Waals surface area (Å²) in [4.78, 5) is 25.9. The number of aromatic nitrogens is 4. The monoisotopic (exact) mass is 820 g/mol. The van der Waals surface area contributed by atoms with Crippen LogP contribution in [0.25, 0.3) is 44.3 Å². The van der Waals surface area contributed by atoms with Crippen molar-refractivity contribution in [3.8, 4) is 34.3 Å². The van der Waals surface area contributed by atoms with Crippen LogP contribution >= 0.6 is 0 Å². The van der Waals surface area contributed by atoms with Crippen molar-refractivity contribution in [1.82, 2.24) is 29.7 Å². The van der Waals surface area contributed by atoms with Crippen LogP contribution in [0, 0.1) is 23.7 Å². The molecule has 2 unspecified atom stereocenters. The minimum atomic E-state index is -0.316. The Morgan fingerprint density at radius 1 is 0.548 bits per heavy atom. The summed E-state index contributed by atoms with van der Waals surface area (Å²) in [6.45, 7) is 9.04. The Labute approximate surface area is 365 Å². The summed E-state index contributed by atoms with van der Waals surface area (Å²) >= 11 is 0. The van der Waals surface area contributed by atoms with E-state index in [4.69, 9.17) is 29.4 Å². The van der Waals surface area contributed by atoms with E-state index in [2.05, 4.69) is 139 Å². The molecule has 4 aromatic carbocycles. The molecule has 314 valence electrons. The summed E-state index contributed by atoms with van der Waals surface area (Å²) in [5, 5.41) is 2.22. The van der Waals surface area contributed by atoms with Crippen LogP contribution in [-0.4, -0.2) is 68.0 Å². The highest BCUT2D eigenvalue weighted by atomic mass is 16.5. The quantitative estimate of drug-likeness (QED) is 0.121. The fourth-order valence-electron chi connectivity index (χ4n) is 11.7. The summed E-state index contributed by atoms with van der Waals surface area (Å²) in [6.07, 6.45) is 10.3. The van der Waals surface area contributed by atoms with E-state index in [1.165, 1.54) is 25.7 Å². The highest BCUT2D eigenvalue weighted by Crippen LogP contribution is 2.49. The van der Waals surface area contributed by atoms with Gasteiger partial charge in [-0.15, -0.1) is 0 Å². The summed E-state index contributed by atoms with van der Waals surface area (Å²) in [5.41, 5.74) is 6.87. The highest BCUT2D eigenvalue weighted by Gasteiger charge is 2.46. The number of nitrogens with zero attached hydrogens (tertiary/aromatic N) is 6. The van der Waals surface area contributed by atoms with Crippen LogP contribution in [0.15, 0.2) is 134 Å². The van der Waals surface area contributed by atoms with Crippen LogP contribution in [0.5, 0.6) is 11.8 Å². The van der Waals surface area contributed by atoms with E-state index in [-0.39, 0.29) is 24.3 Å². The molecule has 3 aromatic heterocycles. The third-order valence-electron chi connectivity index (χ3n) is 15.0. The lowest BCUT2D eigenvalue weighted by Crippen LogP contribution is -2.56. The highest BCUT2D eigenvalue weighted by molar-refractivity contribution is 5.84. The van der Waals surface area contributed by atoms with E-state index in [9.17, 15) is 0 Å². The average molecular weight is 821 g/mol. The van der Waals surface area contributed by atoms with Crippen molar-refractivity contribution in [3.05, 3.63) is 145 Å². The maximum atomic E-state index is 7.72. The number of hydrogen-bond acceptors (Lipinski definition) is 8. The summed E-state index contributed by atoms with van der Waals surface area (Å²) < 4.78 is 15.4. The van der Waals surface area contributed by atoms with Crippen molar-refractivity contribution >= 4 is 21.8 Å². The first kappa shape index (κ1) is 39.2. The van der Waals surface area contributed by atoms with Crippen molar-refractivity contribution in [3.63, 3.8) is 0 Å². The second kappa shape index (κ2) is 16.9. The van der Waals surface area contributed by atoms with Gasteiger partial charge < -0.3 is 9.47 Å². The van der Waals surface area contributed by atoms with Gasteiger partial charge in [-0.1, -0.05) is 124 Å². The van der Waals surface area contributed by atoms with Crippen LogP contribution < -0.4 is 9.47 Å². The standard InChI is InChI=1S/C54H56N6O2/c1-3-35-33-59-29-25-39(35)31-47(59)50(43-23-27-55-45-21-13-11-19-41(43)45)61-53-49(37-15-7-5-8-16-37)54(58-52(57-53)38-17-9-6-10-18-38)62-51(44-24-28-56-46-22-14-12-20-42(44)46)48-32-40-26-30-60(48)34-36(40)4-2/h5-24,27-28,35-36,39-40,47-48,50-51H,3-4,25-26,29-34H2,1-2H3/t35-,36-,39-,40-,47+,48+,50+,51+/m0/s1. The molecule has 6 aliphatic heterocycles. The molecule has 13 rings (SSSR count). The van der Waals surface area contributed by atoms with Crippen LogP contribution in [-0.2, 0) is 0 Å². The molecule has 0 radical (unpaired) electrons. The molecular weight excluding hydrogens is 765 g/mol. The van der Waals surface area contributed by atoms with Gasteiger partial charge in [0.05, 0.1) is 23.1 Å².